The topological polar surface area (TPSA) is 144 Å². The van der Waals surface area contributed by atoms with E-state index in [-0.39, 0.29) is 24.5 Å². The van der Waals surface area contributed by atoms with Gasteiger partial charge in [-0.1, -0.05) is 24.3 Å². The highest BCUT2D eigenvalue weighted by molar-refractivity contribution is 5.70. The molecule has 0 aliphatic carbocycles. The van der Waals surface area contributed by atoms with Crippen LogP contribution in [-0.2, 0) is 30.9 Å². The van der Waals surface area contributed by atoms with Crippen molar-refractivity contribution >= 4 is 17.3 Å². The highest BCUT2D eigenvalue weighted by Gasteiger charge is 2.39. The summed E-state index contributed by atoms with van der Waals surface area (Å²) in [5.74, 6) is -10.0. The molecule has 1 N–H and O–H groups in total. The quantitative estimate of drug-likeness (QED) is 0.0789. The van der Waals surface area contributed by atoms with E-state index in [1.165, 1.54) is 62.6 Å². The van der Waals surface area contributed by atoms with Gasteiger partial charge < -0.3 is 28.8 Å². The average molecular weight is 877 g/mol. The summed E-state index contributed by atoms with van der Waals surface area (Å²) in [5, 5.41) is 24.0. The van der Waals surface area contributed by atoms with Crippen molar-refractivity contribution in [3.63, 3.8) is 0 Å². The standard InChI is InChI=1S/C19H16F5N3O4.C19H18F5N3O3/c1-2-30-16(28)10-29-11-18(20,21)17-26-25-15-8-5-13(9-27(15)17)12-3-6-14(7-4-12)31-19(22,23)24;1-17(2,28)10-29-11-18(20,21)16-26-25-15-8-5-13(9-27(15)16)12-3-6-14(7-4-12)30-19(22,23)24/h3-9H,2,10-11H2,1H3;3-9,28H,10-11H2,1-2H3. The van der Waals surface area contributed by atoms with Crippen LogP contribution in [0.1, 0.15) is 32.4 Å². The molecule has 4 aromatic heterocycles. The van der Waals surface area contributed by atoms with Crippen molar-refractivity contribution in [2.75, 3.05) is 33.0 Å². The van der Waals surface area contributed by atoms with Gasteiger partial charge >= 0.3 is 30.5 Å². The Kier molecular flexibility index (Phi) is 13.8. The number of benzene rings is 2. The molecule has 0 bridgehead atoms. The van der Waals surface area contributed by atoms with Gasteiger partial charge in [-0.25, -0.2) is 4.79 Å². The van der Waals surface area contributed by atoms with Gasteiger partial charge in [0.15, 0.2) is 11.3 Å². The number of aliphatic hydroxyl groups is 1. The van der Waals surface area contributed by atoms with Gasteiger partial charge in [-0.15, -0.1) is 46.7 Å². The van der Waals surface area contributed by atoms with Crippen LogP contribution in [0.2, 0.25) is 0 Å². The predicted molar refractivity (Wildman–Crippen MR) is 193 cm³/mol. The van der Waals surface area contributed by atoms with Crippen LogP contribution in [0, 0.1) is 0 Å². The molecule has 13 nitrogen and oxygen atoms in total. The zero-order valence-corrected chi connectivity index (χ0v) is 32.0. The molecule has 0 spiro atoms. The van der Waals surface area contributed by atoms with Crippen LogP contribution in [0.15, 0.2) is 85.2 Å². The number of nitrogens with zero attached hydrogens (tertiary/aromatic N) is 6. The molecule has 6 rings (SSSR count). The number of rotatable bonds is 15. The first kappa shape index (κ1) is 46.0. The Balaban J connectivity index is 0.000000231. The molecule has 6 aromatic rings. The molecular weight excluding hydrogens is 842 g/mol. The summed E-state index contributed by atoms with van der Waals surface area (Å²) in [6.07, 6.45) is -6.95. The van der Waals surface area contributed by atoms with Gasteiger partial charge in [-0.05, 0) is 91.6 Å². The summed E-state index contributed by atoms with van der Waals surface area (Å²) in [6.45, 7) is 1.45. The summed E-state index contributed by atoms with van der Waals surface area (Å²) >= 11 is 0. The summed E-state index contributed by atoms with van der Waals surface area (Å²) in [5.41, 5.74) is 0.836. The van der Waals surface area contributed by atoms with Crippen molar-refractivity contribution in [2.45, 2.75) is 50.9 Å². The molecule has 61 heavy (non-hydrogen) atoms. The number of ether oxygens (including phenoxy) is 5. The summed E-state index contributed by atoms with van der Waals surface area (Å²) in [4.78, 5) is 11.2. The maximum absolute atomic E-state index is 14.6. The second-order valence-corrected chi connectivity index (χ2v) is 13.5. The van der Waals surface area contributed by atoms with E-state index in [9.17, 15) is 53.8 Å². The van der Waals surface area contributed by atoms with Gasteiger partial charge in [0.1, 0.15) is 31.3 Å². The molecule has 23 heteroatoms. The lowest BCUT2D eigenvalue weighted by molar-refractivity contribution is -0.275. The second-order valence-electron chi connectivity index (χ2n) is 13.5. The predicted octanol–water partition coefficient (Wildman–Crippen LogP) is 8.14. The van der Waals surface area contributed by atoms with Gasteiger partial charge in [-0.2, -0.15) is 17.6 Å². The van der Waals surface area contributed by atoms with Crippen LogP contribution >= 0.6 is 0 Å². The normalized spacial score (nSPS) is 12.6. The zero-order valence-electron chi connectivity index (χ0n) is 32.0. The molecule has 0 fully saturated rings. The Labute approximate surface area is 338 Å². The van der Waals surface area contributed by atoms with E-state index >= 15 is 0 Å². The third kappa shape index (κ3) is 13.0. The van der Waals surface area contributed by atoms with Crippen LogP contribution in [0.3, 0.4) is 0 Å². The second kappa shape index (κ2) is 18.3. The molecule has 4 heterocycles. The minimum atomic E-state index is -4.82. The number of aromatic nitrogens is 6. The highest BCUT2D eigenvalue weighted by Crippen LogP contribution is 2.32. The number of pyridine rings is 2. The summed E-state index contributed by atoms with van der Waals surface area (Å²) in [6, 6.07) is 15.9. The molecule has 0 amide bonds. The number of hydrogen-bond donors (Lipinski definition) is 1. The van der Waals surface area contributed by atoms with Gasteiger partial charge in [0.2, 0.25) is 11.6 Å². The number of carbonyl (C=O) groups excluding carboxylic acids is 1. The molecular formula is C38H34F10N6O7. The van der Waals surface area contributed by atoms with Crippen LogP contribution in [0.25, 0.3) is 33.5 Å². The lowest BCUT2D eigenvalue weighted by Crippen LogP contribution is -2.31. The fourth-order valence-electron chi connectivity index (χ4n) is 5.34. The molecule has 0 radical (unpaired) electrons. The first-order chi connectivity index (χ1) is 28.4. The Hall–Kier alpha value is -6.07. The monoisotopic (exact) mass is 876 g/mol. The lowest BCUT2D eigenvalue weighted by Gasteiger charge is -2.20. The molecule has 0 aliphatic heterocycles. The first-order valence-electron chi connectivity index (χ1n) is 17.6. The molecule has 328 valence electrons. The fraction of sp³-hybridized carbons (Fsp3) is 0.342. The third-order valence-electron chi connectivity index (χ3n) is 7.85. The van der Waals surface area contributed by atoms with Crippen LogP contribution < -0.4 is 9.47 Å². The van der Waals surface area contributed by atoms with Gasteiger partial charge in [-0.3, -0.25) is 8.80 Å². The molecule has 0 unspecified atom stereocenters. The number of hydrogen-bond acceptors (Lipinski definition) is 11. The summed E-state index contributed by atoms with van der Waals surface area (Å²) < 4.78 is 156. The molecule has 0 saturated carbocycles. The van der Waals surface area contributed by atoms with Crippen molar-refractivity contribution < 1.29 is 77.5 Å². The first-order valence-corrected chi connectivity index (χ1v) is 17.6. The lowest BCUT2D eigenvalue weighted by atomic mass is 10.1. The van der Waals surface area contributed by atoms with E-state index in [0.29, 0.717) is 22.3 Å². The molecule has 0 saturated heterocycles. The molecule has 0 aliphatic rings. The maximum atomic E-state index is 14.6. The van der Waals surface area contributed by atoms with Crippen molar-refractivity contribution in [3.8, 4) is 33.8 Å². The van der Waals surface area contributed by atoms with Gasteiger partial charge in [0.25, 0.3) is 0 Å². The SMILES string of the molecule is CC(C)(O)COCC(F)(F)c1nnc2ccc(-c3ccc(OC(F)(F)F)cc3)cn12.CCOC(=O)COCC(F)(F)c1nnc2ccc(-c3ccc(OC(F)(F)F)cc3)cn12. The molecule has 2 aromatic carbocycles. The van der Waals surface area contributed by atoms with Crippen LogP contribution in [0.5, 0.6) is 11.5 Å². The largest absolute Gasteiger partial charge is 0.573 e. The Morgan fingerprint density at radius 3 is 1.34 bits per heavy atom. The third-order valence-corrected chi connectivity index (χ3v) is 7.85. The van der Waals surface area contributed by atoms with E-state index in [4.69, 9.17) is 9.47 Å². The fourth-order valence-corrected chi connectivity index (χ4v) is 5.34. The Bertz CT molecular complexity index is 2400. The van der Waals surface area contributed by atoms with E-state index in [2.05, 4.69) is 34.6 Å². The number of alkyl halides is 10. The van der Waals surface area contributed by atoms with E-state index < -0.39 is 79.1 Å². The van der Waals surface area contributed by atoms with Crippen molar-refractivity contribution in [1.82, 2.24) is 29.2 Å². The van der Waals surface area contributed by atoms with Crippen molar-refractivity contribution in [1.29, 1.82) is 0 Å². The minimum Gasteiger partial charge on any atom is -0.464 e. The minimum absolute atomic E-state index is 0.0967. The number of fused-ring (bicyclic) bond motifs is 2. The Morgan fingerprint density at radius 1 is 0.574 bits per heavy atom. The smallest absolute Gasteiger partial charge is 0.464 e. The maximum Gasteiger partial charge on any atom is 0.573 e. The number of carbonyl (C=O) groups is 1. The van der Waals surface area contributed by atoms with E-state index in [1.54, 1.807) is 19.1 Å². The Morgan fingerprint density at radius 2 is 0.967 bits per heavy atom. The number of halogens is 10. The van der Waals surface area contributed by atoms with Gasteiger partial charge in [0, 0.05) is 12.4 Å². The van der Waals surface area contributed by atoms with Gasteiger partial charge in [0.05, 0.1) is 18.8 Å². The molecule has 0 atom stereocenters. The van der Waals surface area contributed by atoms with Crippen LogP contribution in [0.4, 0.5) is 43.9 Å². The van der Waals surface area contributed by atoms with E-state index in [1.807, 2.05) is 0 Å². The zero-order chi connectivity index (χ0) is 44.8. The average Bonchev–Trinajstić information content (AvgIpc) is 3.79. The number of esters is 1. The van der Waals surface area contributed by atoms with Crippen molar-refractivity contribution in [2.24, 2.45) is 0 Å². The van der Waals surface area contributed by atoms with E-state index in [0.717, 1.165) is 33.1 Å². The highest BCUT2D eigenvalue weighted by atomic mass is 19.4. The van der Waals surface area contributed by atoms with Crippen LogP contribution in [-0.4, -0.2) is 91.6 Å². The van der Waals surface area contributed by atoms with Crippen molar-refractivity contribution in [3.05, 3.63) is 96.8 Å². The summed E-state index contributed by atoms with van der Waals surface area (Å²) in [7, 11) is 0.